The molecule has 2 rings (SSSR count). The van der Waals surface area contributed by atoms with Crippen LogP contribution in [-0.2, 0) is 0 Å². The van der Waals surface area contributed by atoms with E-state index in [1.165, 1.54) is 25.7 Å². The van der Waals surface area contributed by atoms with Crippen LogP contribution in [0.2, 0.25) is 0 Å². The summed E-state index contributed by atoms with van der Waals surface area (Å²) in [5, 5.41) is 0. The third-order valence-electron chi connectivity index (χ3n) is 1.93. The maximum Gasteiger partial charge on any atom is 0.219 e. The van der Waals surface area contributed by atoms with Crippen molar-refractivity contribution >= 4 is 18.5 Å². The minimum Gasteiger partial charge on any atom is -0.481 e. The molecule has 0 unspecified atom stereocenters. The predicted molar refractivity (Wildman–Crippen MR) is 74.7 cm³/mol. The molecule has 0 amide bonds. The molecule has 0 saturated heterocycles. The van der Waals surface area contributed by atoms with Crippen molar-refractivity contribution in [2.75, 3.05) is 12.8 Å². The highest BCUT2D eigenvalue weighted by Crippen LogP contribution is 2.03. The number of methoxy groups -OCH3 is 1. The van der Waals surface area contributed by atoms with Crippen LogP contribution in [-0.4, -0.2) is 34.6 Å². The number of aldehydes is 2. The summed E-state index contributed by atoms with van der Waals surface area (Å²) in [6, 6.07) is 3.29. The van der Waals surface area contributed by atoms with Gasteiger partial charge in [0.25, 0.3) is 0 Å². The molecule has 2 N–H and O–H groups in total. The minimum absolute atomic E-state index is 0. The van der Waals surface area contributed by atoms with Crippen LogP contribution in [0.3, 0.4) is 0 Å². The normalized spacial score (nSPS) is 8.45. The molecule has 0 spiro atoms. The number of pyridine rings is 1. The van der Waals surface area contributed by atoms with E-state index in [0.29, 0.717) is 23.3 Å². The van der Waals surface area contributed by atoms with E-state index in [0.717, 1.165) is 6.29 Å². The molecule has 2 aromatic rings. The first-order valence-corrected chi connectivity index (χ1v) is 5.17. The zero-order valence-corrected chi connectivity index (χ0v) is 10.2. The molecule has 2 aromatic heterocycles. The number of nitrogens with two attached hydrogens (primary N) is 1. The quantitative estimate of drug-likeness (QED) is 0.844. The number of hydrogen-bond acceptors (Lipinski definition) is 7. The van der Waals surface area contributed by atoms with Crippen molar-refractivity contribution < 1.29 is 14.3 Å². The molecular weight excluding hydrogens is 260 g/mol. The van der Waals surface area contributed by atoms with E-state index >= 15 is 0 Å². The van der Waals surface area contributed by atoms with Crippen LogP contribution in [0.5, 0.6) is 5.88 Å². The summed E-state index contributed by atoms with van der Waals surface area (Å²) in [4.78, 5) is 31.1. The van der Waals surface area contributed by atoms with Crippen LogP contribution in [0.15, 0.2) is 30.7 Å². The lowest BCUT2D eigenvalue weighted by Crippen LogP contribution is -1.94. The van der Waals surface area contributed by atoms with Crippen molar-refractivity contribution in [3.05, 3.63) is 41.9 Å². The monoisotopic (exact) mass is 276 g/mol. The molecule has 0 bridgehead atoms. The summed E-state index contributed by atoms with van der Waals surface area (Å²) < 4.78 is 4.79. The topological polar surface area (TPSA) is 108 Å². The van der Waals surface area contributed by atoms with Crippen LogP contribution < -0.4 is 10.5 Å². The van der Waals surface area contributed by atoms with Gasteiger partial charge in [-0.1, -0.05) is 7.43 Å². The lowest BCUT2D eigenvalue weighted by Gasteiger charge is -1.95. The number of carbonyl (C=O) groups is 2. The lowest BCUT2D eigenvalue weighted by atomic mass is 10.3. The third-order valence-corrected chi connectivity index (χ3v) is 1.93. The predicted octanol–water partition coefficient (Wildman–Crippen LogP) is 1.41. The second kappa shape index (κ2) is 9.15. The number of aromatic nitrogens is 3. The first kappa shape index (κ1) is 17.2. The highest BCUT2D eigenvalue weighted by Gasteiger charge is 1.91. The molecule has 20 heavy (non-hydrogen) atoms. The Kier molecular flexibility index (Phi) is 7.85. The van der Waals surface area contributed by atoms with Gasteiger partial charge in [0.15, 0.2) is 12.6 Å². The molecule has 2 heterocycles. The maximum absolute atomic E-state index is 10.1. The molecule has 0 aliphatic carbocycles. The molecule has 7 nitrogen and oxygen atoms in total. The Morgan fingerprint density at radius 3 is 1.95 bits per heavy atom. The van der Waals surface area contributed by atoms with Gasteiger partial charge in [-0.3, -0.25) is 9.59 Å². The van der Waals surface area contributed by atoms with E-state index in [1.54, 1.807) is 12.1 Å². The Balaban J connectivity index is 0.000000345. The molecule has 106 valence electrons. The number of nitrogens with zero attached hydrogens (tertiary/aromatic N) is 3. The lowest BCUT2D eigenvalue weighted by molar-refractivity contribution is 0.111. The van der Waals surface area contributed by atoms with Crippen molar-refractivity contribution in [1.29, 1.82) is 0 Å². The van der Waals surface area contributed by atoms with E-state index in [-0.39, 0.29) is 13.4 Å². The van der Waals surface area contributed by atoms with Crippen LogP contribution in [0.4, 0.5) is 5.95 Å². The highest BCUT2D eigenvalue weighted by atomic mass is 16.5. The summed E-state index contributed by atoms with van der Waals surface area (Å²) in [5.74, 6) is 0.700. The number of hydrogen-bond donors (Lipinski definition) is 1. The molecule has 0 atom stereocenters. The largest absolute Gasteiger partial charge is 0.481 e. The number of carbonyl (C=O) groups excluding carboxylic acids is 2. The van der Waals surface area contributed by atoms with Crippen molar-refractivity contribution in [3.8, 4) is 5.88 Å². The fraction of sp³-hybridized carbons (Fsp3) is 0.154. The number of anilines is 1. The van der Waals surface area contributed by atoms with Crippen molar-refractivity contribution in [2.24, 2.45) is 0 Å². The van der Waals surface area contributed by atoms with E-state index in [1.807, 2.05) is 0 Å². The van der Waals surface area contributed by atoms with Crippen LogP contribution in [0.1, 0.15) is 28.1 Å². The van der Waals surface area contributed by atoms with Gasteiger partial charge in [0.1, 0.15) is 0 Å². The van der Waals surface area contributed by atoms with Crippen LogP contribution in [0.25, 0.3) is 0 Å². The number of nitrogen functional groups attached to an aromatic ring is 1. The van der Waals surface area contributed by atoms with E-state index in [9.17, 15) is 9.59 Å². The smallest absolute Gasteiger partial charge is 0.219 e. The van der Waals surface area contributed by atoms with E-state index in [2.05, 4.69) is 15.0 Å². The summed E-state index contributed by atoms with van der Waals surface area (Å²) in [5.41, 5.74) is 6.13. The zero-order valence-electron chi connectivity index (χ0n) is 10.2. The van der Waals surface area contributed by atoms with Gasteiger partial charge in [-0.2, -0.15) is 0 Å². The average Bonchev–Trinajstić information content (AvgIpc) is 2.49. The van der Waals surface area contributed by atoms with E-state index < -0.39 is 0 Å². The van der Waals surface area contributed by atoms with Crippen LogP contribution in [0, 0.1) is 0 Å². The van der Waals surface area contributed by atoms with Crippen molar-refractivity contribution in [3.63, 3.8) is 0 Å². The summed E-state index contributed by atoms with van der Waals surface area (Å²) in [6.07, 6.45) is 5.61. The van der Waals surface area contributed by atoms with Gasteiger partial charge < -0.3 is 10.5 Å². The fourth-order valence-corrected chi connectivity index (χ4v) is 0.991. The number of rotatable bonds is 3. The standard InChI is InChI=1S/C7H7NO2.C5H5N3O.CH4/c1-10-7-3-2-6(5-9)4-8-7;6-5-7-1-4(3-9)2-8-5;/h2-5H,1H3;1-3H,(H2,6,7,8);1H4. The SMILES string of the molecule is C.COc1ccc(C=O)cn1.Nc1ncc(C=O)cn1. The average molecular weight is 276 g/mol. The van der Waals surface area contributed by atoms with Gasteiger partial charge in [0, 0.05) is 30.2 Å². The molecule has 0 aromatic carbocycles. The van der Waals surface area contributed by atoms with Crippen LogP contribution >= 0.6 is 0 Å². The zero-order chi connectivity index (χ0) is 14.1. The first-order valence-electron chi connectivity index (χ1n) is 5.17. The highest BCUT2D eigenvalue weighted by molar-refractivity contribution is 5.74. The fourth-order valence-electron chi connectivity index (χ4n) is 0.991. The Morgan fingerprint density at radius 2 is 1.55 bits per heavy atom. The van der Waals surface area contributed by atoms with Gasteiger partial charge in [0.2, 0.25) is 11.8 Å². The van der Waals surface area contributed by atoms with Gasteiger partial charge in [-0.05, 0) is 6.07 Å². The van der Waals surface area contributed by atoms with Gasteiger partial charge >= 0.3 is 0 Å². The van der Waals surface area contributed by atoms with Gasteiger partial charge in [0.05, 0.1) is 12.7 Å². The second-order valence-corrected chi connectivity index (χ2v) is 3.24. The Bertz CT molecular complexity index is 526. The van der Waals surface area contributed by atoms with Crippen molar-refractivity contribution in [2.45, 2.75) is 7.43 Å². The Hall–Kier alpha value is -2.83. The molecule has 0 fully saturated rings. The third kappa shape index (κ3) is 5.67. The molecular formula is C13H16N4O3. The van der Waals surface area contributed by atoms with E-state index in [4.69, 9.17) is 10.5 Å². The molecule has 7 heteroatoms. The molecule has 0 radical (unpaired) electrons. The maximum atomic E-state index is 10.1. The number of ether oxygens (including phenoxy) is 1. The van der Waals surface area contributed by atoms with Gasteiger partial charge in [-0.25, -0.2) is 15.0 Å². The first-order chi connectivity index (χ1) is 9.19. The molecule has 0 aliphatic heterocycles. The minimum atomic E-state index is 0. The second-order valence-electron chi connectivity index (χ2n) is 3.24. The van der Waals surface area contributed by atoms with Gasteiger partial charge in [-0.15, -0.1) is 0 Å². The molecule has 0 saturated carbocycles. The summed E-state index contributed by atoms with van der Waals surface area (Å²) >= 11 is 0. The molecule has 0 aliphatic rings. The van der Waals surface area contributed by atoms with Crippen molar-refractivity contribution in [1.82, 2.24) is 15.0 Å². The Morgan fingerprint density at radius 1 is 1.00 bits per heavy atom. The summed E-state index contributed by atoms with van der Waals surface area (Å²) in [7, 11) is 1.53. The Labute approximate surface area is 116 Å². The summed E-state index contributed by atoms with van der Waals surface area (Å²) in [6.45, 7) is 0.